The molecule has 0 atom stereocenters. The second-order valence-corrected chi connectivity index (χ2v) is 4.32. The number of hydrogen-bond acceptors (Lipinski definition) is 2. The van der Waals surface area contributed by atoms with Crippen molar-refractivity contribution < 1.29 is 10.2 Å². The summed E-state index contributed by atoms with van der Waals surface area (Å²) in [6, 6.07) is 9.49. The Hall–Kier alpha value is -0.860. The average molecular weight is 205 g/mol. The Labute approximate surface area is 90.6 Å². The zero-order chi connectivity index (χ0) is 10.7. The van der Waals surface area contributed by atoms with Crippen molar-refractivity contribution in [3.8, 4) is 0 Å². The van der Waals surface area contributed by atoms with Crippen LogP contribution in [-0.4, -0.2) is 16.0 Å². The van der Waals surface area contributed by atoms with E-state index < -0.39 is 5.79 Å². The van der Waals surface area contributed by atoms with Gasteiger partial charge in [0.05, 0.1) is 0 Å². The molecule has 15 heavy (non-hydrogen) atoms. The molecule has 1 saturated carbocycles. The quantitative estimate of drug-likeness (QED) is 0.742. The van der Waals surface area contributed by atoms with Crippen LogP contribution in [0.25, 0.3) is 0 Å². The minimum atomic E-state index is -1.64. The molecule has 2 N–H and O–H groups in total. The Balaban J connectivity index is 2.03. The number of benzene rings is 1. The first-order chi connectivity index (χ1) is 7.18. The SMILES string of the molecule is OC(O)([CH]c1ccccc1)C1CCCC1. The van der Waals surface area contributed by atoms with Crippen molar-refractivity contribution in [1.29, 1.82) is 0 Å². The molecular weight excluding hydrogens is 188 g/mol. The molecule has 2 rings (SSSR count). The van der Waals surface area contributed by atoms with Gasteiger partial charge in [-0.05, 0) is 18.4 Å². The molecule has 0 aliphatic heterocycles. The minimum absolute atomic E-state index is 0.00212. The van der Waals surface area contributed by atoms with Crippen LogP contribution in [0.1, 0.15) is 31.2 Å². The maximum absolute atomic E-state index is 9.97. The highest BCUT2D eigenvalue weighted by atomic mass is 16.5. The first-order valence-electron chi connectivity index (χ1n) is 5.54. The van der Waals surface area contributed by atoms with Crippen molar-refractivity contribution in [1.82, 2.24) is 0 Å². The Morgan fingerprint density at radius 1 is 1.07 bits per heavy atom. The van der Waals surface area contributed by atoms with Crippen LogP contribution in [0.4, 0.5) is 0 Å². The predicted molar refractivity (Wildman–Crippen MR) is 59.0 cm³/mol. The van der Waals surface area contributed by atoms with Gasteiger partial charge in [-0.25, -0.2) is 0 Å². The van der Waals surface area contributed by atoms with E-state index in [2.05, 4.69) is 0 Å². The van der Waals surface area contributed by atoms with Crippen molar-refractivity contribution in [3.63, 3.8) is 0 Å². The van der Waals surface area contributed by atoms with Crippen molar-refractivity contribution in [2.24, 2.45) is 5.92 Å². The molecule has 1 aliphatic rings. The van der Waals surface area contributed by atoms with Crippen LogP contribution in [0.5, 0.6) is 0 Å². The predicted octanol–water partition coefficient (Wildman–Crippen LogP) is 2.11. The molecule has 81 valence electrons. The molecule has 2 heteroatoms. The van der Waals surface area contributed by atoms with E-state index in [0.717, 1.165) is 31.2 Å². The van der Waals surface area contributed by atoms with Crippen LogP contribution in [0.3, 0.4) is 0 Å². The monoisotopic (exact) mass is 205 g/mol. The largest absolute Gasteiger partial charge is 0.365 e. The van der Waals surface area contributed by atoms with Crippen molar-refractivity contribution in [2.45, 2.75) is 31.5 Å². The lowest BCUT2D eigenvalue weighted by Gasteiger charge is -2.28. The Kier molecular flexibility index (Phi) is 3.08. The van der Waals surface area contributed by atoms with E-state index in [-0.39, 0.29) is 5.92 Å². The maximum atomic E-state index is 9.97. The third kappa shape index (κ3) is 2.58. The maximum Gasteiger partial charge on any atom is 0.173 e. The molecule has 1 aliphatic carbocycles. The summed E-state index contributed by atoms with van der Waals surface area (Å²) in [6.45, 7) is 0. The highest BCUT2D eigenvalue weighted by Crippen LogP contribution is 2.35. The summed E-state index contributed by atoms with van der Waals surface area (Å²) in [6.07, 6.45) is 5.60. The fourth-order valence-electron chi connectivity index (χ4n) is 2.26. The van der Waals surface area contributed by atoms with Gasteiger partial charge < -0.3 is 10.2 Å². The summed E-state index contributed by atoms with van der Waals surface area (Å²) in [4.78, 5) is 0. The van der Waals surface area contributed by atoms with Crippen molar-refractivity contribution >= 4 is 0 Å². The second-order valence-electron chi connectivity index (χ2n) is 4.32. The molecule has 0 amide bonds. The molecule has 1 aromatic carbocycles. The molecule has 0 heterocycles. The topological polar surface area (TPSA) is 40.5 Å². The van der Waals surface area contributed by atoms with Gasteiger partial charge in [-0.2, -0.15) is 0 Å². The van der Waals surface area contributed by atoms with Gasteiger partial charge in [-0.3, -0.25) is 0 Å². The van der Waals surface area contributed by atoms with Gasteiger partial charge in [0.15, 0.2) is 5.79 Å². The molecule has 0 spiro atoms. The van der Waals surface area contributed by atoms with E-state index in [0.29, 0.717) is 0 Å². The summed E-state index contributed by atoms with van der Waals surface area (Å²) in [5, 5.41) is 19.9. The lowest BCUT2D eigenvalue weighted by atomic mass is 9.91. The van der Waals surface area contributed by atoms with E-state index in [4.69, 9.17) is 0 Å². The summed E-state index contributed by atoms with van der Waals surface area (Å²) >= 11 is 0. The third-order valence-corrected chi connectivity index (χ3v) is 3.13. The van der Waals surface area contributed by atoms with E-state index in [1.165, 1.54) is 0 Å². The van der Waals surface area contributed by atoms with E-state index in [1.54, 1.807) is 6.42 Å². The van der Waals surface area contributed by atoms with Gasteiger partial charge >= 0.3 is 0 Å². The molecular formula is C13H17O2. The molecule has 0 unspecified atom stereocenters. The van der Waals surface area contributed by atoms with Gasteiger partial charge in [-0.1, -0.05) is 43.2 Å². The second kappa shape index (κ2) is 4.33. The van der Waals surface area contributed by atoms with Crippen molar-refractivity contribution in [3.05, 3.63) is 42.3 Å². The van der Waals surface area contributed by atoms with Crippen LogP contribution in [0.2, 0.25) is 0 Å². The van der Waals surface area contributed by atoms with Gasteiger partial charge in [0.25, 0.3) is 0 Å². The number of rotatable bonds is 3. The van der Waals surface area contributed by atoms with Crippen LogP contribution in [0, 0.1) is 12.3 Å². The molecule has 1 aromatic rings. The Morgan fingerprint density at radius 2 is 1.67 bits per heavy atom. The van der Waals surface area contributed by atoms with Crippen molar-refractivity contribution in [2.75, 3.05) is 0 Å². The average Bonchev–Trinajstić information content (AvgIpc) is 2.71. The normalized spacial score (nSPS) is 18.3. The third-order valence-electron chi connectivity index (χ3n) is 3.13. The van der Waals surface area contributed by atoms with E-state index in [1.807, 2.05) is 30.3 Å². The van der Waals surface area contributed by atoms with Gasteiger partial charge in [0.1, 0.15) is 0 Å². The van der Waals surface area contributed by atoms with E-state index in [9.17, 15) is 10.2 Å². The number of hydrogen-bond donors (Lipinski definition) is 2. The summed E-state index contributed by atoms with van der Waals surface area (Å²) < 4.78 is 0. The molecule has 2 nitrogen and oxygen atoms in total. The summed E-state index contributed by atoms with van der Waals surface area (Å²) in [5.74, 6) is -1.64. The lowest BCUT2D eigenvalue weighted by Crippen LogP contribution is -2.37. The molecule has 0 bridgehead atoms. The molecule has 1 radical (unpaired) electrons. The fraction of sp³-hybridized carbons (Fsp3) is 0.462. The van der Waals surface area contributed by atoms with Crippen LogP contribution < -0.4 is 0 Å². The summed E-state index contributed by atoms with van der Waals surface area (Å²) in [7, 11) is 0. The highest BCUT2D eigenvalue weighted by Gasteiger charge is 2.36. The van der Waals surface area contributed by atoms with E-state index >= 15 is 0 Å². The van der Waals surface area contributed by atoms with Gasteiger partial charge in [-0.15, -0.1) is 0 Å². The minimum Gasteiger partial charge on any atom is -0.365 e. The zero-order valence-corrected chi connectivity index (χ0v) is 8.76. The first kappa shape index (κ1) is 10.7. The van der Waals surface area contributed by atoms with Gasteiger partial charge in [0, 0.05) is 12.3 Å². The van der Waals surface area contributed by atoms with Crippen LogP contribution in [-0.2, 0) is 0 Å². The summed E-state index contributed by atoms with van der Waals surface area (Å²) in [5.41, 5.74) is 0.870. The standard InChI is InChI=1S/C13H17O2/c14-13(15,12-8-4-5-9-12)10-11-6-2-1-3-7-11/h1-3,6-7,10,12,14-15H,4-5,8-9H2. The van der Waals surface area contributed by atoms with Crippen LogP contribution >= 0.6 is 0 Å². The molecule has 0 aromatic heterocycles. The van der Waals surface area contributed by atoms with Gasteiger partial charge in [0.2, 0.25) is 0 Å². The Morgan fingerprint density at radius 3 is 2.27 bits per heavy atom. The fourth-order valence-corrected chi connectivity index (χ4v) is 2.26. The molecule has 0 saturated heterocycles. The smallest absolute Gasteiger partial charge is 0.173 e. The number of aliphatic hydroxyl groups is 2. The first-order valence-corrected chi connectivity index (χ1v) is 5.54. The molecule has 1 fully saturated rings. The lowest BCUT2D eigenvalue weighted by molar-refractivity contribution is -0.168. The Bertz CT molecular complexity index is 300. The zero-order valence-electron chi connectivity index (χ0n) is 8.76. The highest BCUT2D eigenvalue weighted by molar-refractivity contribution is 5.25. The van der Waals surface area contributed by atoms with Crippen LogP contribution in [0.15, 0.2) is 30.3 Å².